The Morgan fingerprint density at radius 2 is 2.28 bits per heavy atom. The molecular formula is C10H18F3N3O2. The fourth-order valence-corrected chi connectivity index (χ4v) is 1.94. The molecule has 8 heteroatoms. The van der Waals surface area contributed by atoms with Crippen molar-refractivity contribution < 1.29 is 23.1 Å². The Morgan fingerprint density at radius 1 is 1.61 bits per heavy atom. The molecule has 1 heterocycles. The van der Waals surface area contributed by atoms with Crippen LogP contribution >= 0.6 is 0 Å². The highest BCUT2D eigenvalue weighted by Crippen LogP contribution is 2.27. The Bertz CT molecular complexity index is 297. The lowest BCUT2D eigenvalue weighted by molar-refractivity contribution is -0.160. The molecule has 1 saturated heterocycles. The van der Waals surface area contributed by atoms with Gasteiger partial charge in [-0.15, -0.1) is 0 Å². The maximum absolute atomic E-state index is 12.8. The molecule has 1 aliphatic heterocycles. The molecule has 1 fully saturated rings. The smallest absolute Gasteiger partial charge is 0.400 e. The van der Waals surface area contributed by atoms with E-state index in [2.05, 4.69) is 5.16 Å². The van der Waals surface area contributed by atoms with Crippen molar-refractivity contribution in [1.29, 1.82) is 0 Å². The summed E-state index contributed by atoms with van der Waals surface area (Å²) in [5.74, 6) is -2.76. The van der Waals surface area contributed by atoms with E-state index < -0.39 is 17.9 Å². The van der Waals surface area contributed by atoms with Crippen molar-refractivity contribution >= 4 is 5.84 Å². The van der Waals surface area contributed by atoms with Gasteiger partial charge in [-0.1, -0.05) is 5.16 Å². The quantitative estimate of drug-likeness (QED) is 0.347. The normalized spacial score (nSPS) is 25.8. The molecule has 0 saturated carbocycles. The molecule has 0 aliphatic carbocycles. The van der Waals surface area contributed by atoms with Crippen LogP contribution < -0.4 is 5.73 Å². The number of nitrogens with two attached hydrogens (primary N) is 1. The number of ether oxygens (including phenoxy) is 1. The van der Waals surface area contributed by atoms with E-state index in [0.717, 1.165) is 0 Å². The molecular weight excluding hydrogens is 251 g/mol. The van der Waals surface area contributed by atoms with Crippen LogP contribution in [0, 0.1) is 5.92 Å². The first-order valence-corrected chi connectivity index (χ1v) is 5.72. The number of halogens is 3. The van der Waals surface area contributed by atoms with Crippen molar-refractivity contribution in [1.82, 2.24) is 4.90 Å². The summed E-state index contributed by atoms with van der Waals surface area (Å²) in [4.78, 5) is 1.63. The molecule has 106 valence electrons. The number of hydrogen-bond donors (Lipinski definition) is 2. The topological polar surface area (TPSA) is 71.1 Å². The van der Waals surface area contributed by atoms with E-state index in [4.69, 9.17) is 15.7 Å². The lowest BCUT2D eigenvalue weighted by atomic mass is 10.1. The molecule has 3 N–H and O–H groups in total. The van der Waals surface area contributed by atoms with E-state index in [1.807, 2.05) is 6.92 Å². The summed E-state index contributed by atoms with van der Waals surface area (Å²) in [5, 5.41) is 10.9. The Kier molecular flexibility index (Phi) is 5.21. The highest BCUT2D eigenvalue weighted by atomic mass is 19.4. The fourth-order valence-electron chi connectivity index (χ4n) is 1.94. The lowest BCUT2D eigenvalue weighted by Gasteiger charge is -2.27. The number of nitrogens with zero attached hydrogens (tertiary/aromatic N) is 2. The van der Waals surface area contributed by atoms with Gasteiger partial charge in [0, 0.05) is 26.2 Å². The van der Waals surface area contributed by atoms with Gasteiger partial charge in [0.2, 0.25) is 0 Å². The van der Waals surface area contributed by atoms with Gasteiger partial charge in [0.1, 0.15) is 5.92 Å². The van der Waals surface area contributed by atoms with Gasteiger partial charge in [-0.05, 0) is 13.3 Å². The first-order valence-electron chi connectivity index (χ1n) is 5.72. The molecule has 0 aromatic rings. The number of rotatable bonds is 3. The third-order valence-electron chi connectivity index (χ3n) is 2.84. The molecule has 2 atom stereocenters. The molecule has 0 amide bonds. The van der Waals surface area contributed by atoms with E-state index in [-0.39, 0.29) is 12.6 Å². The molecule has 5 nitrogen and oxygen atoms in total. The molecule has 0 aromatic heterocycles. The van der Waals surface area contributed by atoms with Crippen molar-refractivity contribution in [3.05, 3.63) is 0 Å². The summed E-state index contributed by atoms with van der Waals surface area (Å²) in [6.07, 6.45) is -3.97. The molecule has 0 radical (unpaired) electrons. The number of hydrogen-bond acceptors (Lipinski definition) is 4. The average molecular weight is 269 g/mol. The van der Waals surface area contributed by atoms with Crippen LogP contribution in [0.3, 0.4) is 0 Å². The third kappa shape index (κ3) is 4.34. The zero-order valence-electron chi connectivity index (χ0n) is 10.2. The highest BCUT2D eigenvalue weighted by Gasteiger charge is 2.43. The van der Waals surface area contributed by atoms with E-state index in [0.29, 0.717) is 26.1 Å². The molecule has 1 rings (SSSR count). The SMILES string of the molecule is CC1CN(CC(C(N)=NO)C(F)(F)F)CCCO1. The summed E-state index contributed by atoms with van der Waals surface area (Å²) in [6, 6.07) is 0. The predicted octanol–water partition coefficient (Wildman–Crippen LogP) is 1.02. The first-order chi connectivity index (χ1) is 8.34. The molecule has 18 heavy (non-hydrogen) atoms. The molecule has 0 aromatic carbocycles. The molecule has 1 aliphatic rings. The van der Waals surface area contributed by atoms with Gasteiger partial charge in [0.15, 0.2) is 5.84 Å². The minimum atomic E-state index is -4.52. The number of amidine groups is 1. The van der Waals surface area contributed by atoms with Crippen LogP contribution in [-0.2, 0) is 4.74 Å². The van der Waals surface area contributed by atoms with Crippen LogP contribution in [0.2, 0.25) is 0 Å². The Balaban J connectivity index is 2.70. The van der Waals surface area contributed by atoms with Crippen molar-refractivity contribution in [3.63, 3.8) is 0 Å². The summed E-state index contributed by atoms with van der Waals surface area (Å²) in [6.45, 7) is 2.95. The van der Waals surface area contributed by atoms with Crippen molar-refractivity contribution in [2.75, 3.05) is 26.2 Å². The Morgan fingerprint density at radius 3 is 2.83 bits per heavy atom. The minimum absolute atomic E-state index is 0.117. The third-order valence-corrected chi connectivity index (χ3v) is 2.84. The Labute approximate surface area is 103 Å². The zero-order valence-corrected chi connectivity index (χ0v) is 10.2. The minimum Gasteiger partial charge on any atom is -0.409 e. The molecule has 0 spiro atoms. The van der Waals surface area contributed by atoms with Gasteiger partial charge in [-0.2, -0.15) is 13.2 Å². The van der Waals surface area contributed by atoms with Gasteiger partial charge in [-0.25, -0.2) is 0 Å². The van der Waals surface area contributed by atoms with E-state index in [9.17, 15) is 13.2 Å². The van der Waals surface area contributed by atoms with Crippen LogP contribution in [0.4, 0.5) is 13.2 Å². The lowest BCUT2D eigenvalue weighted by Crippen LogP contribution is -2.45. The standard InChI is InChI=1S/C10H18F3N3O2/c1-7-5-16(3-2-4-18-7)6-8(9(14)15-17)10(11,12)13/h7-8,17H,2-6H2,1H3,(H2,14,15). The maximum Gasteiger partial charge on any atom is 0.400 e. The molecule has 0 bridgehead atoms. The summed E-state index contributed by atoms with van der Waals surface area (Å²) >= 11 is 0. The highest BCUT2D eigenvalue weighted by molar-refractivity contribution is 5.83. The second-order valence-corrected chi connectivity index (χ2v) is 4.41. The predicted molar refractivity (Wildman–Crippen MR) is 59.4 cm³/mol. The van der Waals surface area contributed by atoms with Gasteiger partial charge in [-0.3, -0.25) is 4.90 Å². The van der Waals surface area contributed by atoms with Gasteiger partial charge >= 0.3 is 6.18 Å². The van der Waals surface area contributed by atoms with E-state index in [1.165, 1.54) is 0 Å². The second-order valence-electron chi connectivity index (χ2n) is 4.41. The van der Waals surface area contributed by atoms with Gasteiger partial charge < -0.3 is 15.7 Å². The zero-order chi connectivity index (χ0) is 13.8. The number of oxime groups is 1. The van der Waals surface area contributed by atoms with Crippen molar-refractivity contribution in [2.24, 2.45) is 16.8 Å². The number of alkyl halides is 3. The van der Waals surface area contributed by atoms with Crippen LogP contribution in [0.25, 0.3) is 0 Å². The maximum atomic E-state index is 12.8. The van der Waals surface area contributed by atoms with Crippen molar-refractivity contribution in [2.45, 2.75) is 25.6 Å². The largest absolute Gasteiger partial charge is 0.409 e. The fraction of sp³-hybridized carbons (Fsp3) is 0.900. The van der Waals surface area contributed by atoms with Crippen LogP contribution in [0.15, 0.2) is 5.16 Å². The second kappa shape index (κ2) is 6.24. The van der Waals surface area contributed by atoms with Crippen LogP contribution in [-0.4, -0.2) is 54.5 Å². The van der Waals surface area contributed by atoms with Crippen LogP contribution in [0.1, 0.15) is 13.3 Å². The molecule has 2 unspecified atom stereocenters. The van der Waals surface area contributed by atoms with Gasteiger partial charge in [0.05, 0.1) is 6.10 Å². The first kappa shape index (κ1) is 15.0. The Hall–Kier alpha value is -1.02. The summed E-state index contributed by atoms with van der Waals surface area (Å²) in [7, 11) is 0. The summed E-state index contributed by atoms with van der Waals surface area (Å²) in [5.41, 5.74) is 5.12. The van der Waals surface area contributed by atoms with E-state index >= 15 is 0 Å². The van der Waals surface area contributed by atoms with Crippen molar-refractivity contribution in [3.8, 4) is 0 Å². The summed E-state index contributed by atoms with van der Waals surface area (Å²) < 4.78 is 43.7. The van der Waals surface area contributed by atoms with Crippen LogP contribution in [0.5, 0.6) is 0 Å². The van der Waals surface area contributed by atoms with Gasteiger partial charge in [0.25, 0.3) is 0 Å². The monoisotopic (exact) mass is 269 g/mol. The average Bonchev–Trinajstić information content (AvgIpc) is 2.48. The van der Waals surface area contributed by atoms with E-state index in [1.54, 1.807) is 4.90 Å².